The standard InChI is InChI=1S/C12H16O4S/c1-15-12(14)8-16-5-4-10-6-9(7-13)2-3-11(10)17/h2-3,6,13,17H,4-5,7-8H2,1H3. The molecule has 0 spiro atoms. The second-order valence-corrected chi connectivity index (χ2v) is 3.98. The quantitative estimate of drug-likeness (QED) is 0.456. The molecule has 94 valence electrons. The first-order valence-corrected chi connectivity index (χ1v) is 5.68. The zero-order valence-electron chi connectivity index (χ0n) is 9.68. The minimum absolute atomic E-state index is 0.00404. The van der Waals surface area contributed by atoms with E-state index in [0.29, 0.717) is 13.0 Å². The second-order valence-electron chi connectivity index (χ2n) is 3.50. The van der Waals surface area contributed by atoms with E-state index < -0.39 is 0 Å². The molecule has 1 aromatic carbocycles. The van der Waals surface area contributed by atoms with Gasteiger partial charge in [0, 0.05) is 4.90 Å². The number of thiol groups is 1. The molecule has 0 aliphatic carbocycles. The Hall–Kier alpha value is -1.04. The van der Waals surface area contributed by atoms with Crippen LogP contribution < -0.4 is 0 Å². The van der Waals surface area contributed by atoms with Crippen LogP contribution in [0, 0.1) is 0 Å². The molecular weight excluding hydrogens is 240 g/mol. The number of esters is 1. The van der Waals surface area contributed by atoms with Gasteiger partial charge < -0.3 is 14.6 Å². The van der Waals surface area contributed by atoms with Gasteiger partial charge in [-0.05, 0) is 23.6 Å². The van der Waals surface area contributed by atoms with Crippen molar-refractivity contribution in [2.75, 3.05) is 20.3 Å². The summed E-state index contributed by atoms with van der Waals surface area (Å²) in [4.78, 5) is 11.6. The average Bonchev–Trinajstić information content (AvgIpc) is 2.36. The lowest BCUT2D eigenvalue weighted by Gasteiger charge is -2.07. The van der Waals surface area contributed by atoms with Crippen molar-refractivity contribution >= 4 is 18.6 Å². The predicted molar refractivity (Wildman–Crippen MR) is 66.2 cm³/mol. The van der Waals surface area contributed by atoms with Crippen LogP contribution in [0.5, 0.6) is 0 Å². The van der Waals surface area contributed by atoms with Crippen LogP contribution in [0.15, 0.2) is 23.1 Å². The fraction of sp³-hybridized carbons (Fsp3) is 0.417. The fourth-order valence-electron chi connectivity index (χ4n) is 1.33. The van der Waals surface area contributed by atoms with Crippen molar-refractivity contribution in [1.82, 2.24) is 0 Å². The van der Waals surface area contributed by atoms with E-state index in [2.05, 4.69) is 17.4 Å². The zero-order chi connectivity index (χ0) is 12.7. The highest BCUT2D eigenvalue weighted by Gasteiger charge is 2.03. The van der Waals surface area contributed by atoms with Crippen LogP contribution in [0.25, 0.3) is 0 Å². The summed E-state index contributed by atoms with van der Waals surface area (Å²) in [6.45, 7) is 0.375. The number of benzene rings is 1. The van der Waals surface area contributed by atoms with Crippen molar-refractivity contribution in [3.8, 4) is 0 Å². The Bertz CT molecular complexity index is 379. The highest BCUT2D eigenvalue weighted by molar-refractivity contribution is 7.80. The average molecular weight is 256 g/mol. The van der Waals surface area contributed by atoms with Gasteiger partial charge in [-0.3, -0.25) is 0 Å². The minimum Gasteiger partial charge on any atom is -0.467 e. The summed E-state index contributed by atoms with van der Waals surface area (Å²) in [7, 11) is 1.32. The third kappa shape index (κ3) is 4.77. The molecule has 0 aromatic heterocycles. The molecule has 1 aromatic rings. The number of rotatable bonds is 6. The van der Waals surface area contributed by atoms with Gasteiger partial charge in [-0.15, -0.1) is 12.6 Å². The van der Waals surface area contributed by atoms with Crippen molar-refractivity contribution in [2.45, 2.75) is 17.9 Å². The van der Waals surface area contributed by atoms with E-state index in [9.17, 15) is 4.79 Å². The zero-order valence-corrected chi connectivity index (χ0v) is 10.6. The summed E-state index contributed by atoms with van der Waals surface area (Å²) in [5, 5.41) is 9.01. The lowest BCUT2D eigenvalue weighted by molar-refractivity contribution is -0.145. The Morgan fingerprint density at radius 2 is 2.24 bits per heavy atom. The molecule has 1 rings (SSSR count). The lowest BCUT2D eigenvalue weighted by atomic mass is 10.1. The van der Waals surface area contributed by atoms with Crippen molar-refractivity contribution < 1.29 is 19.4 Å². The first-order valence-electron chi connectivity index (χ1n) is 5.23. The molecule has 4 nitrogen and oxygen atoms in total. The summed E-state index contributed by atoms with van der Waals surface area (Å²) in [6, 6.07) is 5.54. The van der Waals surface area contributed by atoms with Gasteiger partial charge in [0.1, 0.15) is 6.61 Å². The third-order valence-electron chi connectivity index (χ3n) is 2.29. The van der Waals surface area contributed by atoms with E-state index >= 15 is 0 Å². The van der Waals surface area contributed by atoms with Crippen molar-refractivity contribution in [1.29, 1.82) is 0 Å². The Kier molecular flexibility index (Phi) is 6.04. The molecule has 5 heteroatoms. The van der Waals surface area contributed by atoms with Crippen molar-refractivity contribution in [3.63, 3.8) is 0 Å². The van der Waals surface area contributed by atoms with Gasteiger partial charge in [0.15, 0.2) is 0 Å². The lowest BCUT2D eigenvalue weighted by Crippen LogP contribution is -2.12. The maximum absolute atomic E-state index is 10.8. The number of carbonyl (C=O) groups is 1. The van der Waals surface area contributed by atoms with Gasteiger partial charge in [0.25, 0.3) is 0 Å². The normalized spacial score (nSPS) is 10.3. The fourth-order valence-corrected chi connectivity index (χ4v) is 1.58. The monoisotopic (exact) mass is 256 g/mol. The molecule has 17 heavy (non-hydrogen) atoms. The molecule has 0 radical (unpaired) electrons. The smallest absolute Gasteiger partial charge is 0.331 e. The van der Waals surface area contributed by atoms with Crippen LogP contribution in [-0.2, 0) is 27.3 Å². The number of hydrogen-bond acceptors (Lipinski definition) is 5. The molecule has 0 unspecified atom stereocenters. The number of hydrogen-bond donors (Lipinski definition) is 2. The first-order chi connectivity index (χ1) is 8.17. The Balaban J connectivity index is 2.43. The van der Waals surface area contributed by atoms with Gasteiger partial charge in [0.05, 0.1) is 20.3 Å². The van der Waals surface area contributed by atoms with Crippen molar-refractivity contribution in [3.05, 3.63) is 29.3 Å². The van der Waals surface area contributed by atoms with Crippen LogP contribution >= 0.6 is 12.6 Å². The highest BCUT2D eigenvalue weighted by atomic mass is 32.1. The molecular formula is C12H16O4S. The van der Waals surface area contributed by atoms with Crippen LogP contribution in [0.1, 0.15) is 11.1 Å². The van der Waals surface area contributed by atoms with E-state index in [1.165, 1.54) is 7.11 Å². The Labute approximate surface area is 106 Å². The van der Waals surface area contributed by atoms with Gasteiger partial charge >= 0.3 is 5.97 Å². The summed E-state index contributed by atoms with van der Waals surface area (Å²) < 4.78 is 9.60. The SMILES string of the molecule is COC(=O)COCCc1cc(CO)ccc1S. The number of aliphatic hydroxyl groups is 1. The van der Waals surface area contributed by atoms with Crippen LogP contribution in [0.4, 0.5) is 0 Å². The van der Waals surface area contributed by atoms with E-state index in [4.69, 9.17) is 9.84 Å². The third-order valence-corrected chi connectivity index (χ3v) is 2.73. The summed E-state index contributed by atoms with van der Waals surface area (Å²) in [6.07, 6.45) is 0.643. The van der Waals surface area contributed by atoms with Crippen LogP contribution in [-0.4, -0.2) is 31.4 Å². The molecule has 0 amide bonds. The Morgan fingerprint density at radius 1 is 1.47 bits per heavy atom. The first kappa shape index (κ1) is 14.0. The number of carbonyl (C=O) groups excluding carboxylic acids is 1. The number of aliphatic hydroxyl groups excluding tert-OH is 1. The maximum atomic E-state index is 10.8. The molecule has 0 atom stereocenters. The maximum Gasteiger partial charge on any atom is 0.331 e. The molecule has 0 saturated heterocycles. The minimum atomic E-state index is -0.389. The van der Waals surface area contributed by atoms with E-state index in [0.717, 1.165) is 16.0 Å². The molecule has 0 aliphatic rings. The summed E-state index contributed by atoms with van der Waals surface area (Å²) in [5.41, 5.74) is 1.83. The molecule has 0 aliphatic heterocycles. The largest absolute Gasteiger partial charge is 0.467 e. The molecule has 0 saturated carbocycles. The number of ether oxygens (including phenoxy) is 2. The van der Waals surface area contributed by atoms with Crippen molar-refractivity contribution in [2.24, 2.45) is 0 Å². The van der Waals surface area contributed by atoms with Gasteiger partial charge in [-0.1, -0.05) is 12.1 Å². The molecule has 1 N–H and O–H groups in total. The predicted octanol–water partition coefficient (Wildman–Crippen LogP) is 1.20. The van der Waals surface area contributed by atoms with Crippen LogP contribution in [0.3, 0.4) is 0 Å². The van der Waals surface area contributed by atoms with Gasteiger partial charge in [-0.2, -0.15) is 0 Å². The second kappa shape index (κ2) is 7.32. The number of methoxy groups -OCH3 is 1. The molecule has 0 bridgehead atoms. The Morgan fingerprint density at radius 3 is 2.88 bits per heavy atom. The van der Waals surface area contributed by atoms with Crippen LogP contribution in [0.2, 0.25) is 0 Å². The summed E-state index contributed by atoms with van der Waals surface area (Å²) >= 11 is 4.32. The topological polar surface area (TPSA) is 55.8 Å². The van der Waals surface area contributed by atoms with Gasteiger partial charge in [-0.25, -0.2) is 4.79 Å². The highest BCUT2D eigenvalue weighted by Crippen LogP contribution is 2.16. The van der Waals surface area contributed by atoms with E-state index in [-0.39, 0.29) is 19.2 Å². The molecule has 0 fully saturated rings. The van der Waals surface area contributed by atoms with E-state index in [1.807, 2.05) is 18.2 Å². The van der Waals surface area contributed by atoms with Gasteiger partial charge in [0.2, 0.25) is 0 Å². The molecule has 0 heterocycles. The summed E-state index contributed by atoms with van der Waals surface area (Å²) in [5.74, 6) is -0.389. The van der Waals surface area contributed by atoms with E-state index in [1.54, 1.807) is 0 Å².